The van der Waals surface area contributed by atoms with Crippen LogP contribution in [0.2, 0.25) is 5.02 Å². The first-order valence-corrected chi connectivity index (χ1v) is 11.6. The van der Waals surface area contributed by atoms with Gasteiger partial charge in [0.05, 0.1) is 28.0 Å². The van der Waals surface area contributed by atoms with Gasteiger partial charge < -0.3 is 10.1 Å². The van der Waals surface area contributed by atoms with Crippen molar-refractivity contribution in [2.45, 2.75) is 0 Å². The molecule has 0 saturated heterocycles. The largest absolute Gasteiger partial charge is 0.452 e. The Hall–Kier alpha value is -4.55. The van der Waals surface area contributed by atoms with Crippen LogP contribution in [0.4, 0.5) is 5.69 Å². The third kappa shape index (κ3) is 5.24. The minimum atomic E-state index is -0.631. The highest BCUT2D eigenvalue weighted by atomic mass is 35.5. The van der Waals surface area contributed by atoms with Gasteiger partial charge in [-0.3, -0.25) is 4.79 Å². The molecule has 1 amide bonds. The average Bonchev–Trinajstić information content (AvgIpc) is 2.91. The standard InChI is InChI=1S/C29H20ClN3O3/c30-22-12-7-13-23(17-22)31-26(34)18-36-29(35)21-14-15-24-25(16-21)33-28(20-10-5-2-6-11-20)27(32-24)19-8-3-1-4-9-19/h1-17H,18H2,(H,31,34). The Morgan fingerprint density at radius 2 is 1.36 bits per heavy atom. The highest BCUT2D eigenvalue weighted by molar-refractivity contribution is 6.30. The highest BCUT2D eigenvalue weighted by Gasteiger charge is 2.16. The molecule has 5 rings (SSSR count). The molecule has 1 aromatic heterocycles. The summed E-state index contributed by atoms with van der Waals surface area (Å²) in [5.74, 6) is -1.10. The van der Waals surface area contributed by atoms with Gasteiger partial charge in [0.25, 0.3) is 5.91 Å². The van der Waals surface area contributed by atoms with Gasteiger partial charge in [-0.2, -0.15) is 0 Å². The van der Waals surface area contributed by atoms with Crippen molar-refractivity contribution in [3.8, 4) is 22.5 Å². The number of fused-ring (bicyclic) bond motifs is 1. The van der Waals surface area contributed by atoms with Crippen LogP contribution in [-0.2, 0) is 9.53 Å². The molecule has 0 radical (unpaired) electrons. The molecule has 0 atom stereocenters. The normalized spacial score (nSPS) is 10.7. The van der Waals surface area contributed by atoms with E-state index < -0.39 is 18.5 Å². The zero-order valence-electron chi connectivity index (χ0n) is 19.0. The third-order valence-corrected chi connectivity index (χ3v) is 5.67. The molecule has 0 bridgehead atoms. The van der Waals surface area contributed by atoms with Gasteiger partial charge in [-0.05, 0) is 36.4 Å². The average molecular weight is 494 g/mol. The Morgan fingerprint density at radius 1 is 0.722 bits per heavy atom. The van der Waals surface area contributed by atoms with Crippen molar-refractivity contribution in [3.63, 3.8) is 0 Å². The Kier molecular flexibility index (Phi) is 6.69. The van der Waals surface area contributed by atoms with Gasteiger partial charge in [-0.1, -0.05) is 78.3 Å². The molecule has 36 heavy (non-hydrogen) atoms. The third-order valence-electron chi connectivity index (χ3n) is 5.44. The number of ether oxygens (including phenoxy) is 1. The smallest absolute Gasteiger partial charge is 0.338 e. The Labute approximate surface area is 212 Å². The van der Waals surface area contributed by atoms with Crippen molar-refractivity contribution in [3.05, 3.63) is 114 Å². The SMILES string of the molecule is O=C(COC(=O)c1ccc2nc(-c3ccccc3)c(-c3ccccc3)nc2c1)Nc1cccc(Cl)c1. The summed E-state index contributed by atoms with van der Waals surface area (Å²) in [7, 11) is 0. The number of nitrogens with zero attached hydrogens (tertiary/aromatic N) is 2. The van der Waals surface area contributed by atoms with Gasteiger partial charge in [0.1, 0.15) is 0 Å². The molecular formula is C29H20ClN3O3. The number of anilines is 1. The van der Waals surface area contributed by atoms with Crippen molar-refractivity contribution in [2.24, 2.45) is 0 Å². The molecule has 7 heteroatoms. The second-order valence-electron chi connectivity index (χ2n) is 7.99. The summed E-state index contributed by atoms with van der Waals surface area (Å²) in [6.45, 7) is -0.433. The van der Waals surface area contributed by atoms with Crippen molar-refractivity contribution < 1.29 is 14.3 Å². The van der Waals surface area contributed by atoms with Crippen molar-refractivity contribution in [1.82, 2.24) is 9.97 Å². The van der Waals surface area contributed by atoms with Crippen LogP contribution >= 0.6 is 11.6 Å². The molecule has 0 spiro atoms. The number of halogens is 1. The fourth-order valence-corrected chi connectivity index (χ4v) is 3.94. The highest BCUT2D eigenvalue weighted by Crippen LogP contribution is 2.31. The molecule has 176 valence electrons. The van der Waals surface area contributed by atoms with Gasteiger partial charge >= 0.3 is 5.97 Å². The van der Waals surface area contributed by atoms with Crippen molar-refractivity contribution >= 4 is 40.2 Å². The molecule has 6 nitrogen and oxygen atoms in total. The van der Waals surface area contributed by atoms with Gasteiger partial charge in [0, 0.05) is 21.8 Å². The van der Waals surface area contributed by atoms with E-state index in [9.17, 15) is 9.59 Å². The molecule has 0 fully saturated rings. The summed E-state index contributed by atoms with van der Waals surface area (Å²) in [6.07, 6.45) is 0. The number of benzene rings is 4. The number of carbonyl (C=O) groups excluding carboxylic acids is 2. The number of carbonyl (C=O) groups is 2. The lowest BCUT2D eigenvalue weighted by Gasteiger charge is -2.11. The lowest BCUT2D eigenvalue weighted by atomic mass is 10.0. The van der Waals surface area contributed by atoms with E-state index in [-0.39, 0.29) is 5.56 Å². The fraction of sp³-hybridized carbons (Fsp3) is 0.0345. The lowest BCUT2D eigenvalue weighted by molar-refractivity contribution is -0.119. The monoisotopic (exact) mass is 493 g/mol. The number of amides is 1. The van der Waals surface area contributed by atoms with Crippen molar-refractivity contribution in [1.29, 1.82) is 0 Å². The van der Waals surface area contributed by atoms with Crippen molar-refractivity contribution in [2.75, 3.05) is 11.9 Å². The summed E-state index contributed by atoms with van der Waals surface area (Å²) >= 11 is 5.93. The maximum absolute atomic E-state index is 12.7. The maximum Gasteiger partial charge on any atom is 0.338 e. The first kappa shape index (κ1) is 23.2. The predicted molar refractivity (Wildman–Crippen MR) is 141 cm³/mol. The predicted octanol–water partition coefficient (Wildman–Crippen LogP) is 6.41. The first-order chi connectivity index (χ1) is 17.6. The van der Waals surface area contributed by atoms with Gasteiger partial charge in [-0.15, -0.1) is 0 Å². The zero-order valence-corrected chi connectivity index (χ0v) is 19.8. The molecule has 0 unspecified atom stereocenters. The molecule has 5 aromatic rings. The molecule has 0 aliphatic heterocycles. The number of hydrogen-bond donors (Lipinski definition) is 1. The Bertz CT molecular complexity index is 1560. The van der Waals surface area contributed by atoms with Crippen LogP contribution in [0.25, 0.3) is 33.5 Å². The van der Waals surface area contributed by atoms with E-state index in [4.69, 9.17) is 26.3 Å². The number of esters is 1. The second-order valence-corrected chi connectivity index (χ2v) is 8.43. The van der Waals surface area contributed by atoms with Crippen LogP contribution in [-0.4, -0.2) is 28.5 Å². The molecule has 0 aliphatic rings. The number of hydrogen-bond acceptors (Lipinski definition) is 5. The number of aromatic nitrogens is 2. The van der Waals surface area contributed by atoms with E-state index in [1.54, 1.807) is 42.5 Å². The van der Waals surface area contributed by atoms with E-state index in [0.29, 0.717) is 27.4 Å². The van der Waals surface area contributed by atoms with E-state index in [2.05, 4.69) is 5.32 Å². The molecule has 0 saturated carbocycles. The molecular weight excluding hydrogens is 474 g/mol. The first-order valence-electron chi connectivity index (χ1n) is 11.2. The summed E-state index contributed by atoms with van der Waals surface area (Å²) in [5, 5.41) is 3.14. The molecule has 1 N–H and O–H groups in total. The van der Waals surface area contributed by atoms with Crippen LogP contribution < -0.4 is 5.32 Å². The molecule has 4 aromatic carbocycles. The van der Waals surface area contributed by atoms with Gasteiger partial charge in [0.2, 0.25) is 0 Å². The van der Waals surface area contributed by atoms with Gasteiger partial charge in [-0.25, -0.2) is 14.8 Å². The topological polar surface area (TPSA) is 81.2 Å². The molecule has 0 aliphatic carbocycles. The summed E-state index contributed by atoms with van der Waals surface area (Å²) in [4.78, 5) is 34.6. The number of nitrogens with one attached hydrogen (secondary N) is 1. The lowest BCUT2D eigenvalue weighted by Crippen LogP contribution is -2.20. The van der Waals surface area contributed by atoms with E-state index in [1.165, 1.54) is 0 Å². The summed E-state index contributed by atoms with van der Waals surface area (Å²) in [6, 6.07) is 31.3. The van der Waals surface area contributed by atoms with E-state index in [0.717, 1.165) is 16.8 Å². The minimum absolute atomic E-state index is 0.277. The summed E-state index contributed by atoms with van der Waals surface area (Å²) in [5.41, 5.74) is 5.31. The second kappa shape index (κ2) is 10.4. The van der Waals surface area contributed by atoms with Crippen LogP contribution in [0.5, 0.6) is 0 Å². The van der Waals surface area contributed by atoms with E-state index >= 15 is 0 Å². The maximum atomic E-state index is 12.7. The molecule has 1 heterocycles. The summed E-state index contributed by atoms with van der Waals surface area (Å²) < 4.78 is 5.22. The minimum Gasteiger partial charge on any atom is -0.452 e. The Balaban J connectivity index is 1.40. The van der Waals surface area contributed by atoms with Crippen LogP contribution in [0.15, 0.2) is 103 Å². The van der Waals surface area contributed by atoms with Crippen LogP contribution in [0, 0.1) is 0 Å². The quantitative estimate of drug-likeness (QED) is 0.276. The fourth-order valence-electron chi connectivity index (χ4n) is 3.75. The van der Waals surface area contributed by atoms with Crippen LogP contribution in [0.3, 0.4) is 0 Å². The number of rotatable bonds is 6. The van der Waals surface area contributed by atoms with E-state index in [1.807, 2.05) is 60.7 Å². The van der Waals surface area contributed by atoms with Crippen LogP contribution in [0.1, 0.15) is 10.4 Å². The zero-order chi connectivity index (χ0) is 24.9. The van der Waals surface area contributed by atoms with Gasteiger partial charge in [0.15, 0.2) is 6.61 Å². The Morgan fingerprint density at radius 3 is 2.00 bits per heavy atom.